The van der Waals surface area contributed by atoms with Crippen LogP contribution in [0, 0.1) is 18.5 Å². The Balaban J connectivity index is 0.00000657. The van der Waals surface area contributed by atoms with Crippen molar-refractivity contribution in [3.8, 4) is 62.1 Å². The minimum absolute atomic E-state index is 0. The molecule has 0 aliphatic carbocycles. The fourth-order valence-corrected chi connectivity index (χ4v) is 8.53. The van der Waals surface area contributed by atoms with Gasteiger partial charge in [0.25, 0.3) is 6.33 Å². The topological polar surface area (TPSA) is 35.9 Å². The van der Waals surface area contributed by atoms with E-state index in [1.54, 1.807) is 53.4 Å². The van der Waals surface area contributed by atoms with Gasteiger partial charge in [0.15, 0.2) is 0 Å². The molecule has 0 saturated carbocycles. The van der Waals surface area contributed by atoms with Crippen LogP contribution in [-0.2, 0) is 32.9 Å². The number of nitrogens with zero attached hydrogens (tertiary/aromatic N) is 4. The molecule has 5 nitrogen and oxygen atoms in total. The fourth-order valence-electron chi connectivity index (χ4n) is 8.53. The van der Waals surface area contributed by atoms with Crippen LogP contribution in [-0.4, -0.2) is 14.1 Å². The smallest absolute Gasteiger partial charge is 0.267 e. The number of para-hydroxylation sites is 1. The number of aromatic nitrogens is 4. The second-order valence-corrected chi connectivity index (χ2v) is 16.3. The second-order valence-electron chi connectivity index (χ2n) is 16.3. The molecule has 0 unspecified atom stereocenters. The van der Waals surface area contributed by atoms with Gasteiger partial charge in [0, 0.05) is 56.7 Å². The van der Waals surface area contributed by atoms with Crippen LogP contribution in [0.2, 0.25) is 0 Å². The Morgan fingerprint density at radius 2 is 1.32 bits per heavy atom. The molecule has 0 aliphatic rings. The summed E-state index contributed by atoms with van der Waals surface area (Å²) in [7, 11) is 0. The Hall–Kier alpha value is -7.59. The molecule has 0 spiro atoms. The Bertz CT molecular complexity index is 3920. The average Bonchev–Trinajstić information content (AvgIpc) is 4.05. The van der Waals surface area contributed by atoms with E-state index in [0.717, 1.165) is 50.7 Å². The minimum Gasteiger partial charge on any atom is -0.510 e. The van der Waals surface area contributed by atoms with Crippen LogP contribution in [0.15, 0.2) is 219 Å². The third-order valence-electron chi connectivity index (χ3n) is 11.6. The molecule has 3 aromatic heterocycles. The van der Waals surface area contributed by atoms with Crippen LogP contribution in [0.25, 0.3) is 72.4 Å². The van der Waals surface area contributed by atoms with Crippen LogP contribution < -0.4 is 9.30 Å². The van der Waals surface area contributed by atoms with Gasteiger partial charge in [-0.25, -0.2) is 4.98 Å². The maximum absolute atomic E-state index is 8.89. The molecule has 66 heavy (non-hydrogen) atoms. The van der Waals surface area contributed by atoms with E-state index in [1.165, 1.54) is 10.1 Å². The van der Waals surface area contributed by atoms with Gasteiger partial charge in [-0.3, -0.25) is 4.57 Å². The number of ether oxygens (including phenoxy) is 1. The maximum atomic E-state index is 8.89. The third-order valence-corrected chi connectivity index (χ3v) is 11.6. The summed E-state index contributed by atoms with van der Waals surface area (Å²) in [5, 5.41) is 1.99. The summed E-state index contributed by atoms with van der Waals surface area (Å²) in [5.41, 5.74) is 6.80. The van der Waals surface area contributed by atoms with Gasteiger partial charge < -0.3 is 13.9 Å². The molecule has 11 aromatic rings. The van der Waals surface area contributed by atoms with Crippen molar-refractivity contribution < 1.29 is 44.1 Å². The molecule has 0 aliphatic heterocycles. The Labute approximate surface area is 414 Å². The largest absolute Gasteiger partial charge is 0.510 e. The van der Waals surface area contributed by atoms with Crippen molar-refractivity contribution in [2.24, 2.45) is 0 Å². The van der Waals surface area contributed by atoms with Crippen LogP contribution in [0.4, 0.5) is 0 Å². The maximum Gasteiger partial charge on any atom is 0.267 e. The normalized spacial score (nSPS) is 13.5. The van der Waals surface area contributed by atoms with Crippen LogP contribution in [0.3, 0.4) is 0 Å². The van der Waals surface area contributed by atoms with Crippen molar-refractivity contribution in [2.75, 3.05) is 0 Å². The van der Waals surface area contributed by atoms with E-state index in [1.807, 2.05) is 42.6 Å². The third kappa shape index (κ3) is 8.30. The quantitative estimate of drug-likeness (QED) is 0.0956. The molecule has 6 heteroatoms. The van der Waals surface area contributed by atoms with E-state index in [9.17, 15) is 0 Å². The summed E-state index contributed by atoms with van der Waals surface area (Å²) in [5.74, 6) is 1.52. The first kappa shape index (κ1) is 32.1. The molecule has 11 rings (SSSR count). The Morgan fingerprint density at radius 3 is 2.05 bits per heavy atom. The van der Waals surface area contributed by atoms with Gasteiger partial charge in [-0.2, -0.15) is 18.2 Å². The fraction of sp³-hybridized carbons (Fsp3) is 0.0667. The molecule has 0 radical (unpaired) electrons. The number of hydrogen-bond acceptors (Lipinski definition) is 2. The number of hydrogen-bond donors (Lipinski definition) is 0. The van der Waals surface area contributed by atoms with Crippen LogP contribution in [0.5, 0.6) is 11.5 Å². The second kappa shape index (κ2) is 18.1. The van der Waals surface area contributed by atoms with Gasteiger partial charge in [0.2, 0.25) is 0 Å². The molecule has 0 saturated heterocycles. The standard InChI is InChI=1S/C60H44N4O.Pt/c1-60(2,48-23-13-6-14-24-48)41-43-33-34-61-58(37-43)64-56-32-29-47(44-17-7-3-8-18-44)38-55(56)54-31-30-51(40-57(54)64)65-50-26-15-25-49(39-50)62-35-36-63(42-62)59-52(45-19-9-4-10-20-45)27-16-28-53(59)46-21-11-5-12-22-46;/h3-38H,41H2,1-2H3;/q-2;/i4D,5D,9D,10D,11D,12D,19D,20D,21D,22D;. The van der Waals surface area contributed by atoms with Crippen molar-refractivity contribution in [1.29, 1.82) is 0 Å². The van der Waals surface area contributed by atoms with Gasteiger partial charge in [0.05, 0.1) is 19.4 Å². The molecule has 3 heterocycles. The predicted octanol–water partition coefficient (Wildman–Crippen LogP) is 14.0. The number of fused-ring (bicyclic) bond motifs is 3. The van der Waals surface area contributed by atoms with Crippen molar-refractivity contribution in [3.63, 3.8) is 0 Å². The van der Waals surface area contributed by atoms with Crippen LogP contribution in [0.1, 0.15) is 38.7 Å². The van der Waals surface area contributed by atoms with Crippen molar-refractivity contribution in [1.82, 2.24) is 14.1 Å². The molecule has 0 N–H and O–H groups in total. The van der Waals surface area contributed by atoms with E-state index >= 15 is 0 Å². The van der Waals surface area contributed by atoms with E-state index in [4.69, 9.17) is 23.4 Å². The molecule has 0 fully saturated rings. The molecular formula is C60H44N4OPt-2. The summed E-state index contributed by atoms with van der Waals surface area (Å²) in [4.78, 5) is 4.93. The zero-order valence-electron chi connectivity index (χ0n) is 45.7. The van der Waals surface area contributed by atoms with E-state index in [2.05, 4.69) is 104 Å². The van der Waals surface area contributed by atoms with Gasteiger partial charge in [-0.05, 0) is 85.6 Å². The Kier molecular flexibility index (Phi) is 8.82. The predicted molar refractivity (Wildman–Crippen MR) is 262 cm³/mol. The molecule has 8 aromatic carbocycles. The molecule has 0 amide bonds. The molecule has 0 bridgehead atoms. The van der Waals surface area contributed by atoms with Crippen molar-refractivity contribution >= 4 is 21.8 Å². The van der Waals surface area contributed by atoms with Gasteiger partial charge in [-0.1, -0.05) is 171 Å². The summed E-state index contributed by atoms with van der Waals surface area (Å²) in [6.07, 6.45) is 9.17. The first-order valence-electron chi connectivity index (χ1n) is 26.2. The number of pyridine rings is 1. The number of benzene rings is 8. The first-order valence-corrected chi connectivity index (χ1v) is 21.2. The van der Waals surface area contributed by atoms with E-state index in [-0.39, 0.29) is 54.4 Å². The van der Waals surface area contributed by atoms with E-state index in [0.29, 0.717) is 17.2 Å². The van der Waals surface area contributed by atoms with Crippen molar-refractivity contribution in [3.05, 3.63) is 248 Å². The number of rotatable bonds is 11. The van der Waals surface area contributed by atoms with Gasteiger partial charge in [-0.15, -0.1) is 29.7 Å². The molecule has 0 atom stereocenters. The van der Waals surface area contributed by atoms with E-state index < -0.39 is 60.4 Å². The first-order chi connectivity index (χ1) is 36.1. The van der Waals surface area contributed by atoms with Gasteiger partial charge in [0.1, 0.15) is 5.82 Å². The average molecular weight is 1040 g/mol. The Morgan fingerprint density at radius 1 is 0.636 bits per heavy atom. The minimum atomic E-state index is -0.571. The zero-order chi connectivity index (χ0) is 52.4. The molecule has 322 valence electrons. The monoisotopic (exact) mass is 1040 g/mol. The zero-order valence-corrected chi connectivity index (χ0v) is 38.0. The van der Waals surface area contributed by atoms with Crippen molar-refractivity contribution in [2.45, 2.75) is 25.7 Å². The number of imidazole rings is 1. The summed E-state index contributed by atoms with van der Waals surface area (Å²) >= 11 is 0. The SMILES string of the molecule is [2H]c1c([2H])c([2H])c(-c2cccc(-c3c([2H])c([2H])c([2H])c([2H])c3[2H])c2-[n+]2[c-]n(-c3[c-]c(Oc4[c-]c5c(cc4)c4cc(-c6ccccc6)ccc4n5-c4cc(CC(C)(C)c5ccccc5)ccn4)ccc3)cc2)c([2H])c1[2H].[Pt]. The van der Waals surface area contributed by atoms with Gasteiger partial charge >= 0.3 is 0 Å². The summed E-state index contributed by atoms with van der Waals surface area (Å²) in [6.45, 7) is 4.50. The molecular weight excluding hydrogens is 988 g/mol. The summed E-state index contributed by atoms with van der Waals surface area (Å²) in [6, 6.07) is 47.0. The van der Waals surface area contributed by atoms with Crippen LogP contribution >= 0.6 is 0 Å². The summed E-state index contributed by atoms with van der Waals surface area (Å²) < 4.78 is 97.8.